The van der Waals surface area contributed by atoms with Gasteiger partial charge in [0.1, 0.15) is 17.4 Å². The van der Waals surface area contributed by atoms with Gasteiger partial charge in [-0.2, -0.15) is 0 Å². The van der Waals surface area contributed by atoms with Crippen LogP contribution in [-0.2, 0) is 0 Å². The third-order valence-electron chi connectivity index (χ3n) is 2.79. The van der Waals surface area contributed by atoms with E-state index in [1.165, 1.54) is 19.2 Å². The molecular weight excluding hydrogens is 330 g/mol. The predicted molar refractivity (Wildman–Crippen MR) is 75.2 cm³/mol. The van der Waals surface area contributed by atoms with Crippen molar-refractivity contribution in [2.75, 3.05) is 7.11 Å². The Balaban J connectivity index is 2.55. The number of carbonyl (C=O) groups is 1. The van der Waals surface area contributed by atoms with Crippen LogP contribution in [-0.4, -0.2) is 12.9 Å². The molecule has 2 nitrogen and oxygen atoms in total. The molecule has 0 saturated heterocycles. The number of benzene rings is 2. The van der Waals surface area contributed by atoms with Gasteiger partial charge < -0.3 is 4.74 Å². The van der Waals surface area contributed by atoms with Gasteiger partial charge in [-0.25, -0.2) is 8.78 Å². The van der Waals surface area contributed by atoms with Crippen LogP contribution >= 0.6 is 15.9 Å². The van der Waals surface area contributed by atoms with Gasteiger partial charge in [-0.3, -0.25) is 4.79 Å². The highest BCUT2D eigenvalue weighted by molar-refractivity contribution is 9.10. The van der Waals surface area contributed by atoms with Gasteiger partial charge in [0.05, 0.1) is 17.1 Å². The molecule has 2 aromatic rings. The van der Waals surface area contributed by atoms with Gasteiger partial charge >= 0.3 is 0 Å². The molecule has 0 aliphatic carbocycles. The van der Waals surface area contributed by atoms with Crippen LogP contribution in [0, 0.1) is 18.6 Å². The molecule has 2 rings (SSSR count). The van der Waals surface area contributed by atoms with Crippen molar-refractivity contribution in [1.29, 1.82) is 0 Å². The zero-order chi connectivity index (χ0) is 14.9. The van der Waals surface area contributed by atoms with Gasteiger partial charge in [0.15, 0.2) is 5.78 Å². The molecule has 5 heteroatoms. The van der Waals surface area contributed by atoms with E-state index >= 15 is 0 Å². The summed E-state index contributed by atoms with van der Waals surface area (Å²) in [5, 5.41) is 0. The summed E-state index contributed by atoms with van der Waals surface area (Å²) in [6, 6.07) is 6.49. The van der Waals surface area contributed by atoms with Gasteiger partial charge in [0.2, 0.25) is 0 Å². The largest absolute Gasteiger partial charge is 0.496 e. The number of hydrogen-bond donors (Lipinski definition) is 0. The first kappa shape index (κ1) is 14.7. The molecule has 0 aromatic heterocycles. The molecule has 20 heavy (non-hydrogen) atoms. The summed E-state index contributed by atoms with van der Waals surface area (Å²) in [5.41, 5.74) is 0.999. The Bertz CT molecular complexity index is 664. The highest BCUT2D eigenvalue weighted by Crippen LogP contribution is 2.28. The predicted octanol–water partition coefficient (Wildman–Crippen LogP) is 4.28. The number of aryl methyl sites for hydroxylation is 1. The van der Waals surface area contributed by atoms with Crippen molar-refractivity contribution in [1.82, 2.24) is 0 Å². The van der Waals surface area contributed by atoms with Crippen LogP contribution in [0.25, 0.3) is 0 Å². The fourth-order valence-corrected chi connectivity index (χ4v) is 2.24. The van der Waals surface area contributed by atoms with Crippen molar-refractivity contribution in [3.05, 3.63) is 63.1 Å². The summed E-state index contributed by atoms with van der Waals surface area (Å²) < 4.78 is 32.0. The second-order valence-corrected chi connectivity index (χ2v) is 5.17. The quantitative estimate of drug-likeness (QED) is 0.779. The van der Waals surface area contributed by atoms with Crippen LogP contribution in [0.4, 0.5) is 8.78 Å². The fraction of sp³-hybridized carbons (Fsp3) is 0.133. The molecular formula is C15H11BrF2O2. The lowest BCUT2D eigenvalue weighted by atomic mass is 10.0. The minimum absolute atomic E-state index is 0.109. The Kier molecular flexibility index (Phi) is 4.18. The lowest BCUT2D eigenvalue weighted by molar-refractivity contribution is 0.103. The number of halogens is 3. The molecule has 0 N–H and O–H groups in total. The van der Waals surface area contributed by atoms with E-state index in [1.807, 2.05) is 0 Å². The van der Waals surface area contributed by atoms with E-state index in [-0.39, 0.29) is 21.3 Å². The lowest BCUT2D eigenvalue weighted by Crippen LogP contribution is -2.06. The Morgan fingerprint density at radius 3 is 2.45 bits per heavy atom. The fourth-order valence-electron chi connectivity index (χ4n) is 1.90. The molecule has 0 fully saturated rings. The summed E-state index contributed by atoms with van der Waals surface area (Å²) in [4.78, 5) is 12.4. The number of rotatable bonds is 3. The molecule has 0 atom stereocenters. The minimum Gasteiger partial charge on any atom is -0.496 e. The number of methoxy groups -OCH3 is 1. The molecule has 0 saturated carbocycles. The second kappa shape index (κ2) is 5.71. The lowest BCUT2D eigenvalue weighted by Gasteiger charge is -2.09. The zero-order valence-electron chi connectivity index (χ0n) is 10.8. The first-order chi connectivity index (χ1) is 9.42. The molecule has 0 aliphatic heterocycles. The van der Waals surface area contributed by atoms with E-state index in [2.05, 4.69) is 15.9 Å². The van der Waals surface area contributed by atoms with E-state index in [9.17, 15) is 13.6 Å². The first-order valence-electron chi connectivity index (χ1n) is 5.77. The van der Waals surface area contributed by atoms with Crippen molar-refractivity contribution >= 4 is 21.7 Å². The van der Waals surface area contributed by atoms with Crippen molar-refractivity contribution in [2.45, 2.75) is 6.92 Å². The first-order valence-corrected chi connectivity index (χ1v) is 6.56. The van der Waals surface area contributed by atoms with Crippen molar-refractivity contribution in [3.8, 4) is 5.75 Å². The molecule has 0 amide bonds. The van der Waals surface area contributed by atoms with E-state index in [1.54, 1.807) is 13.0 Å². The summed E-state index contributed by atoms with van der Waals surface area (Å²) >= 11 is 3.02. The van der Waals surface area contributed by atoms with E-state index < -0.39 is 17.4 Å². The third kappa shape index (κ3) is 2.88. The number of ketones is 1. The highest BCUT2D eigenvalue weighted by Gasteiger charge is 2.18. The topological polar surface area (TPSA) is 26.3 Å². The van der Waals surface area contributed by atoms with Crippen molar-refractivity contribution in [2.24, 2.45) is 0 Å². The summed E-state index contributed by atoms with van der Waals surface area (Å²) in [7, 11) is 1.34. The monoisotopic (exact) mass is 340 g/mol. The summed E-state index contributed by atoms with van der Waals surface area (Å²) in [6.45, 7) is 1.69. The van der Waals surface area contributed by atoms with Gasteiger partial charge in [0, 0.05) is 11.6 Å². The maximum Gasteiger partial charge on any atom is 0.196 e. The maximum absolute atomic E-state index is 13.4. The van der Waals surface area contributed by atoms with E-state index in [4.69, 9.17) is 4.74 Å². The highest BCUT2D eigenvalue weighted by atomic mass is 79.9. The molecule has 0 heterocycles. The maximum atomic E-state index is 13.4. The van der Waals surface area contributed by atoms with Crippen LogP contribution in [0.15, 0.2) is 34.8 Å². The van der Waals surface area contributed by atoms with Crippen molar-refractivity contribution < 1.29 is 18.3 Å². The third-order valence-corrected chi connectivity index (χ3v) is 3.40. The number of ether oxygens (including phenoxy) is 1. The zero-order valence-corrected chi connectivity index (χ0v) is 12.4. The van der Waals surface area contributed by atoms with Gasteiger partial charge in [0.25, 0.3) is 0 Å². The Hall–Kier alpha value is -1.75. The molecule has 0 unspecified atom stereocenters. The molecule has 0 aliphatic rings. The second-order valence-electron chi connectivity index (χ2n) is 4.31. The minimum atomic E-state index is -0.533. The van der Waals surface area contributed by atoms with Crippen LogP contribution in [0.5, 0.6) is 5.75 Å². The van der Waals surface area contributed by atoms with Crippen LogP contribution in [0.2, 0.25) is 0 Å². The van der Waals surface area contributed by atoms with Crippen LogP contribution in [0.1, 0.15) is 21.5 Å². The Labute approximate surface area is 123 Å². The van der Waals surface area contributed by atoms with Gasteiger partial charge in [-0.15, -0.1) is 0 Å². The average Bonchev–Trinajstić information content (AvgIpc) is 2.39. The van der Waals surface area contributed by atoms with Crippen molar-refractivity contribution in [3.63, 3.8) is 0 Å². The van der Waals surface area contributed by atoms with Crippen LogP contribution in [0.3, 0.4) is 0 Å². The standard InChI is InChI=1S/C15H11BrF2O2/c1-8-3-9(5-10(17)4-8)15(19)11-6-12(16)13(18)7-14(11)20-2/h3-7H,1-2H3. The average molecular weight is 341 g/mol. The van der Waals surface area contributed by atoms with Crippen LogP contribution < -0.4 is 4.74 Å². The van der Waals surface area contributed by atoms with E-state index in [0.717, 1.165) is 12.1 Å². The molecule has 0 bridgehead atoms. The van der Waals surface area contributed by atoms with Gasteiger partial charge in [-0.1, -0.05) is 0 Å². The molecule has 2 aromatic carbocycles. The molecule has 104 valence electrons. The molecule has 0 radical (unpaired) electrons. The van der Waals surface area contributed by atoms with E-state index in [0.29, 0.717) is 5.56 Å². The Morgan fingerprint density at radius 1 is 1.15 bits per heavy atom. The Morgan fingerprint density at radius 2 is 1.85 bits per heavy atom. The molecule has 0 spiro atoms. The summed E-state index contributed by atoms with van der Waals surface area (Å²) in [5.74, 6) is -1.34. The normalized spacial score (nSPS) is 10.4. The number of hydrogen-bond acceptors (Lipinski definition) is 2. The number of carbonyl (C=O) groups excluding carboxylic acids is 1. The SMILES string of the molecule is COc1cc(F)c(Br)cc1C(=O)c1cc(C)cc(F)c1. The smallest absolute Gasteiger partial charge is 0.196 e. The summed E-state index contributed by atoms with van der Waals surface area (Å²) in [6.07, 6.45) is 0. The van der Waals surface area contributed by atoms with Gasteiger partial charge in [-0.05, 0) is 52.7 Å².